The lowest BCUT2D eigenvalue weighted by Crippen LogP contribution is -2.27. The van der Waals surface area contributed by atoms with Crippen LogP contribution >= 0.6 is 11.8 Å². The van der Waals surface area contributed by atoms with E-state index in [1.807, 2.05) is 66.1 Å². The SMILES string of the molecule is CCn1c(CNC(=O)Cc2ccc(OC)cc2)nnc1SCC(=O)NCCc1ccccc1. The second kappa shape index (κ2) is 12.6. The molecule has 0 aliphatic heterocycles. The van der Waals surface area contributed by atoms with Gasteiger partial charge in [-0.2, -0.15) is 0 Å². The van der Waals surface area contributed by atoms with E-state index in [2.05, 4.69) is 20.8 Å². The molecule has 1 aromatic heterocycles. The van der Waals surface area contributed by atoms with Crippen molar-refractivity contribution in [2.75, 3.05) is 19.4 Å². The molecule has 33 heavy (non-hydrogen) atoms. The molecule has 3 rings (SSSR count). The maximum atomic E-state index is 12.3. The normalized spacial score (nSPS) is 10.6. The first-order chi connectivity index (χ1) is 16.1. The molecule has 0 aliphatic carbocycles. The molecule has 0 atom stereocenters. The largest absolute Gasteiger partial charge is 0.497 e. The molecule has 174 valence electrons. The smallest absolute Gasteiger partial charge is 0.230 e. The number of benzene rings is 2. The average molecular weight is 468 g/mol. The van der Waals surface area contributed by atoms with Crippen molar-refractivity contribution in [3.05, 3.63) is 71.5 Å². The lowest BCUT2D eigenvalue weighted by Gasteiger charge is -2.09. The summed E-state index contributed by atoms with van der Waals surface area (Å²) in [6.45, 7) is 3.50. The molecule has 0 saturated heterocycles. The van der Waals surface area contributed by atoms with E-state index in [0.29, 0.717) is 24.1 Å². The molecule has 2 N–H and O–H groups in total. The lowest BCUT2D eigenvalue weighted by molar-refractivity contribution is -0.120. The van der Waals surface area contributed by atoms with Gasteiger partial charge in [0.25, 0.3) is 0 Å². The number of nitrogens with zero attached hydrogens (tertiary/aromatic N) is 3. The number of thioether (sulfide) groups is 1. The molecule has 3 aromatic rings. The van der Waals surface area contributed by atoms with Gasteiger partial charge in [-0.25, -0.2) is 0 Å². The fourth-order valence-electron chi connectivity index (χ4n) is 3.22. The summed E-state index contributed by atoms with van der Waals surface area (Å²) < 4.78 is 7.05. The first-order valence-corrected chi connectivity index (χ1v) is 11.8. The van der Waals surface area contributed by atoms with E-state index in [9.17, 15) is 9.59 Å². The quantitative estimate of drug-likeness (QED) is 0.398. The molecular weight excluding hydrogens is 438 g/mol. The highest BCUT2D eigenvalue weighted by atomic mass is 32.2. The summed E-state index contributed by atoms with van der Waals surface area (Å²) in [5, 5.41) is 14.9. The number of ether oxygens (including phenoxy) is 1. The molecule has 0 unspecified atom stereocenters. The van der Waals surface area contributed by atoms with E-state index in [1.165, 1.54) is 17.3 Å². The predicted octanol–water partition coefficient (Wildman–Crippen LogP) is 2.62. The Morgan fingerprint density at radius 3 is 2.42 bits per heavy atom. The molecule has 0 bridgehead atoms. The minimum absolute atomic E-state index is 0.0454. The van der Waals surface area contributed by atoms with Crippen molar-refractivity contribution in [3.8, 4) is 5.75 Å². The maximum Gasteiger partial charge on any atom is 0.230 e. The van der Waals surface area contributed by atoms with E-state index in [4.69, 9.17) is 4.74 Å². The minimum atomic E-state index is -0.0992. The summed E-state index contributed by atoms with van der Waals surface area (Å²) in [4.78, 5) is 24.5. The number of carbonyl (C=O) groups excluding carboxylic acids is 2. The summed E-state index contributed by atoms with van der Waals surface area (Å²) in [7, 11) is 1.61. The molecule has 0 aliphatic rings. The van der Waals surface area contributed by atoms with Gasteiger partial charge >= 0.3 is 0 Å². The first kappa shape index (κ1) is 24.3. The molecule has 8 nitrogen and oxygen atoms in total. The third kappa shape index (κ3) is 7.64. The van der Waals surface area contributed by atoms with E-state index < -0.39 is 0 Å². The zero-order valence-corrected chi connectivity index (χ0v) is 19.7. The predicted molar refractivity (Wildman–Crippen MR) is 128 cm³/mol. The van der Waals surface area contributed by atoms with E-state index >= 15 is 0 Å². The summed E-state index contributed by atoms with van der Waals surface area (Å²) in [5.41, 5.74) is 2.09. The Bertz CT molecular complexity index is 1040. The molecule has 2 amide bonds. The van der Waals surface area contributed by atoms with Crippen molar-refractivity contribution < 1.29 is 14.3 Å². The van der Waals surface area contributed by atoms with Crippen molar-refractivity contribution in [2.24, 2.45) is 0 Å². The number of hydrogen-bond donors (Lipinski definition) is 2. The van der Waals surface area contributed by atoms with Crippen LogP contribution in [-0.4, -0.2) is 46.0 Å². The van der Waals surface area contributed by atoms with Gasteiger partial charge in [-0.1, -0.05) is 54.2 Å². The standard InChI is InChI=1S/C24H29N5O3S/c1-3-29-21(16-26-22(30)15-19-9-11-20(32-2)12-10-19)27-28-24(29)33-17-23(31)25-14-13-18-7-5-4-6-8-18/h4-12H,3,13-17H2,1-2H3,(H,25,31)(H,26,30). The fourth-order valence-corrected chi connectivity index (χ4v) is 4.07. The van der Waals surface area contributed by atoms with Gasteiger partial charge in [0.2, 0.25) is 11.8 Å². The van der Waals surface area contributed by atoms with Crippen LogP contribution in [0, 0.1) is 0 Å². The third-order valence-electron chi connectivity index (χ3n) is 4.99. The van der Waals surface area contributed by atoms with E-state index in [-0.39, 0.29) is 30.5 Å². The Morgan fingerprint density at radius 1 is 0.970 bits per heavy atom. The van der Waals surface area contributed by atoms with Gasteiger partial charge in [0.05, 0.1) is 25.8 Å². The Balaban J connectivity index is 1.43. The number of hydrogen-bond acceptors (Lipinski definition) is 6. The van der Waals surface area contributed by atoms with Crippen molar-refractivity contribution in [2.45, 2.75) is 38.0 Å². The Kier molecular flexibility index (Phi) is 9.31. The van der Waals surface area contributed by atoms with Crippen molar-refractivity contribution in [3.63, 3.8) is 0 Å². The van der Waals surface area contributed by atoms with Crippen molar-refractivity contribution in [1.82, 2.24) is 25.4 Å². The van der Waals surface area contributed by atoms with Crippen LogP contribution in [0.5, 0.6) is 5.75 Å². The van der Waals surface area contributed by atoms with E-state index in [0.717, 1.165) is 17.7 Å². The summed E-state index contributed by atoms with van der Waals surface area (Å²) >= 11 is 1.34. The number of aromatic nitrogens is 3. The van der Waals surface area contributed by atoms with Crippen LogP contribution in [0.15, 0.2) is 59.8 Å². The molecule has 0 spiro atoms. The molecule has 1 heterocycles. The van der Waals surface area contributed by atoms with Gasteiger partial charge in [0.15, 0.2) is 11.0 Å². The van der Waals surface area contributed by atoms with Crippen LogP contribution in [-0.2, 0) is 35.5 Å². The lowest BCUT2D eigenvalue weighted by atomic mass is 10.1. The maximum absolute atomic E-state index is 12.3. The zero-order valence-electron chi connectivity index (χ0n) is 18.9. The summed E-state index contributed by atoms with van der Waals surface area (Å²) in [6, 6.07) is 17.4. The van der Waals surface area contributed by atoms with Gasteiger partial charge < -0.3 is 19.9 Å². The Labute approximate surface area is 198 Å². The average Bonchev–Trinajstić information content (AvgIpc) is 3.24. The van der Waals surface area contributed by atoms with Crippen molar-refractivity contribution >= 4 is 23.6 Å². The highest BCUT2D eigenvalue weighted by Gasteiger charge is 2.14. The molecule has 0 fully saturated rings. The van der Waals surface area contributed by atoms with Gasteiger partial charge in [-0.3, -0.25) is 9.59 Å². The topological polar surface area (TPSA) is 98.1 Å². The molecule has 2 aromatic carbocycles. The van der Waals surface area contributed by atoms with Gasteiger partial charge in [-0.15, -0.1) is 10.2 Å². The van der Waals surface area contributed by atoms with Crippen LogP contribution in [0.1, 0.15) is 23.9 Å². The first-order valence-electron chi connectivity index (χ1n) is 10.8. The molecular formula is C24H29N5O3S. The highest BCUT2D eigenvalue weighted by molar-refractivity contribution is 7.99. The van der Waals surface area contributed by atoms with Crippen LogP contribution in [0.3, 0.4) is 0 Å². The number of carbonyl (C=O) groups is 2. The van der Waals surface area contributed by atoms with Crippen molar-refractivity contribution in [1.29, 1.82) is 0 Å². The second-order valence-electron chi connectivity index (χ2n) is 7.32. The van der Waals surface area contributed by atoms with Crippen LogP contribution in [0.4, 0.5) is 0 Å². The second-order valence-corrected chi connectivity index (χ2v) is 8.26. The zero-order chi connectivity index (χ0) is 23.5. The Hall–Kier alpha value is -3.33. The number of amides is 2. The number of nitrogens with one attached hydrogen (secondary N) is 2. The fraction of sp³-hybridized carbons (Fsp3) is 0.333. The van der Waals surface area contributed by atoms with Crippen LogP contribution in [0.2, 0.25) is 0 Å². The highest BCUT2D eigenvalue weighted by Crippen LogP contribution is 2.17. The van der Waals surface area contributed by atoms with Crippen LogP contribution < -0.4 is 15.4 Å². The monoisotopic (exact) mass is 467 g/mol. The van der Waals surface area contributed by atoms with E-state index in [1.54, 1.807) is 7.11 Å². The number of rotatable bonds is 12. The molecule has 0 saturated carbocycles. The van der Waals surface area contributed by atoms with Gasteiger partial charge in [0.1, 0.15) is 5.75 Å². The molecule has 0 radical (unpaired) electrons. The number of methoxy groups -OCH3 is 1. The van der Waals surface area contributed by atoms with Gasteiger partial charge in [-0.05, 0) is 36.6 Å². The molecule has 9 heteroatoms. The third-order valence-corrected chi connectivity index (χ3v) is 5.95. The minimum Gasteiger partial charge on any atom is -0.497 e. The Morgan fingerprint density at radius 2 is 1.73 bits per heavy atom. The summed E-state index contributed by atoms with van der Waals surface area (Å²) in [6.07, 6.45) is 1.07. The van der Waals surface area contributed by atoms with Gasteiger partial charge in [0, 0.05) is 13.1 Å². The summed E-state index contributed by atoms with van der Waals surface area (Å²) in [5.74, 6) is 1.53. The van der Waals surface area contributed by atoms with Crippen LogP contribution in [0.25, 0.3) is 0 Å².